The van der Waals surface area contributed by atoms with E-state index < -0.39 is 0 Å². The molecule has 0 aromatic rings. The van der Waals surface area contributed by atoms with Crippen LogP contribution in [-0.4, -0.2) is 55.5 Å². The van der Waals surface area contributed by atoms with E-state index in [4.69, 9.17) is 5.73 Å². The molecule has 1 saturated heterocycles. The van der Waals surface area contributed by atoms with Crippen molar-refractivity contribution in [1.29, 1.82) is 0 Å². The number of carbonyl (C=O) groups is 1. The van der Waals surface area contributed by atoms with Crippen LogP contribution in [0.1, 0.15) is 19.3 Å². The SMILES string of the molecule is CN(C)C1CCN(C(=O)CCN)CC1. The first-order valence-electron chi connectivity index (χ1n) is 5.29. The molecule has 0 bridgehead atoms. The Balaban J connectivity index is 2.31. The van der Waals surface area contributed by atoms with Crippen molar-refractivity contribution >= 4 is 5.91 Å². The molecule has 82 valence electrons. The third-order valence-electron chi connectivity index (χ3n) is 2.91. The maximum Gasteiger partial charge on any atom is 0.223 e. The molecule has 0 aliphatic carbocycles. The summed E-state index contributed by atoms with van der Waals surface area (Å²) in [6, 6.07) is 0.636. The Bertz CT molecular complexity index is 186. The summed E-state index contributed by atoms with van der Waals surface area (Å²) in [5, 5.41) is 0. The summed E-state index contributed by atoms with van der Waals surface area (Å²) in [4.78, 5) is 15.7. The maximum absolute atomic E-state index is 11.5. The summed E-state index contributed by atoms with van der Waals surface area (Å²) in [5.41, 5.74) is 5.36. The van der Waals surface area contributed by atoms with E-state index in [1.165, 1.54) is 0 Å². The van der Waals surface area contributed by atoms with Crippen LogP contribution in [0.15, 0.2) is 0 Å². The van der Waals surface area contributed by atoms with Crippen LogP contribution < -0.4 is 5.73 Å². The minimum absolute atomic E-state index is 0.213. The van der Waals surface area contributed by atoms with Crippen molar-refractivity contribution in [1.82, 2.24) is 9.80 Å². The van der Waals surface area contributed by atoms with E-state index >= 15 is 0 Å². The number of carbonyl (C=O) groups excluding carboxylic acids is 1. The Morgan fingerprint density at radius 1 is 1.43 bits per heavy atom. The first kappa shape index (κ1) is 11.5. The lowest BCUT2D eigenvalue weighted by molar-refractivity contribution is -0.132. The molecule has 1 amide bonds. The minimum atomic E-state index is 0.213. The van der Waals surface area contributed by atoms with Crippen LogP contribution in [0.4, 0.5) is 0 Å². The van der Waals surface area contributed by atoms with Crippen molar-refractivity contribution in [3.63, 3.8) is 0 Å². The van der Waals surface area contributed by atoms with Crippen LogP contribution in [0.3, 0.4) is 0 Å². The molecule has 0 saturated carbocycles. The van der Waals surface area contributed by atoms with Crippen molar-refractivity contribution in [2.24, 2.45) is 5.73 Å². The topological polar surface area (TPSA) is 49.6 Å². The molecule has 1 fully saturated rings. The van der Waals surface area contributed by atoms with Gasteiger partial charge in [-0.1, -0.05) is 0 Å². The first-order valence-corrected chi connectivity index (χ1v) is 5.29. The molecule has 1 aliphatic heterocycles. The highest BCUT2D eigenvalue weighted by Gasteiger charge is 2.22. The summed E-state index contributed by atoms with van der Waals surface area (Å²) in [6.07, 6.45) is 2.67. The second-order valence-corrected chi connectivity index (χ2v) is 4.11. The molecule has 0 unspecified atom stereocenters. The fourth-order valence-corrected chi connectivity index (χ4v) is 1.91. The highest BCUT2D eigenvalue weighted by atomic mass is 16.2. The summed E-state index contributed by atoms with van der Waals surface area (Å²) in [7, 11) is 4.20. The zero-order valence-corrected chi connectivity index (χ0v) is 9.20. The molecule has 0 radical (unpaired) electrons. The minimum Gasteiger partial charge on any atom is -0.343 e. The van der Waals surface area contributed by atoms with Gasteiger partial charge in [-0.3, -0.25) is 4.79 Å². The van der Waals surface area contributed by atoms with Gasteiger partial charge in [0.1, 0.15) is 0 Å². The maximum atomic E-state index is 11.5. The van der Waals surface area contributed by atoms with Gasteiger partial charge in [-0.2, -0.15) is 0 Å². The number of rotatable bonds is 3. The monoisotopic (exact) mass is 199 g/mol. The molecule has 0 aromatic heterocycles. The molecular formula is C10H21N3O. The van der Waals surface area contributed by atoms with Crippen LogP contribution in [0, 0.1) is 0 Å². The van der Waals surface area contributed by atoms with Crippen molar-refractivity contribution in [2.45, 2.75) is 25.3 Å². The largest absolute Gasteiger partial charge is 0.343 e. The Kier molecular flexibility index (Phi) is 4.35. The van der Waals surface area contributed by atoms with Crippen LogP contribution in [0.5, 0.6) is 0 Å². The zero-order chi connectivity index (χ0) is 10.6. The van der Waals surface area contributed by atoms with E-state index in [0.29, 0.717) is 19.0 Å². The van der Waals surface area contributed by atoms with Gasteiger partial charge in [-0.05, 0) is 26.9 Å². The molecule has 1 heterocycles. The second-order valence-electron chi connectivity index (χ2n) is 4.11. The van der Waals surface area contributed by atoms with E-state index in [9.17, 15) is 4.79 Å². The van der Waals surface area contributed by atoms with Gasteiger partial charge in [0, 0.05) is 32.1 Å². The molecule has 1 rings (SSSR count). The number of hydrogen-bond donors (Lipinski definition) is 1. The summed E-state index contributed by atoms with van der Waals surface area (Å²) >= 11 is 0. The number of nitrogens with two attached hydrogens (primary N) is 1. The van der Waals surface area contributed by atoms with Gasteiger partial charge < -0.3 is 15.5 Å². The van der Waals surface area contributed by atoms with Gasteiger partial charge in [0.05, 0.1) is 0 Å². The lowest BCUT2D eigenvalue weighted by Gasteiger charge is -2.35. The van der Waals surface area contributed by atoms with Gasteiger partial charge in [-0.15, -0.1) is 0 Å². The zero-order valence-electron chi connectivity index (χ0n) is 9.20. The Morgan fingerprint density at radius 3 is 2.43 bits per heavy atom. The number of hydrogen-bond acceptors (Lipinski definition) is 3. The quantitative estimate of drug-likeness (QED) is 0.690. The fourth-order valence-electron chi connectivity index (χ4n) is 1.91. The molecule has 1 aliphatic rings. The van der Waals surface area contributed by atoms with Gasteiger partial charge in [0.2, 0.25) is 5.91 Å². The molecule has 0 atom stereocenters. The number of amides is 1. The lowest BCUT2D eigenvalue weighted by Crippen LogP contribution is -2.44. The number of piperidine rings is 1. The van der Waals surface area contributed by atoms with Crippen molar-refractivity contribution in [2.75, 3.05) is 33.7 Å². The van der Waals surface area contributed by atoms with Gasteiger partial charge in [-0.25, -0.2) is 0 Å². The molecule has 0 spiro atoms. The molecule has 4 nitrogen and oxygen atoms in total. The van der Waals surface area contributed by atoms with Crippen LogP contribution in [-0.2, 0) is 4.79 Å². The highest BCUT2D eigenvalue weighted by molar-refractivity contribution is 5.76. The Morgan fingerprint density at radius 2 is 2.00 bits per heavy atom. The molecular weight excluding hydrogens is 178 g/mol. The Labute approximate surface area is 86.0 Å². The standard InChI is InChI=1S/C10H21N3O/c1-12(2)9-4-7-13(8-5-9)10(14)3-6-11/h9H,3-8,11H2,1-2H3. The number of likely N-dealkylation sites (tertiary alicyclic amines) is 1. The Hall–Kier alpha value is -0.610. The van der Waals surface area contributed by atoms with Crippen LogP contribution in [0.2, 0.25) is 0 Å². The highest BCUT2D eigenvalue weighted by Crippen LogP contribution is 2.14. The van der Waals surface area contributed by atoms with E-state index in [2.05, 4.69) is 19.0 Å². The smallest absolute Gasteiger partial charge is 0.223 e. The van der Waals surface area contributed by atoms with E-state index in [1.807, 2.05) is 4.90 Å². The molecule has 0 aromatic carbocycles. The van der Waals surface area contributed by atoms with Crippen molar-refractivity contribution in [3.05, 3.63) is 0 Å². The molecule has 14 heavy (non-hydrogen) atoms. The van der Waals surface area contributed by atoms with Crippen LogP contribution in [0.25, 0.3) is 0 Å². The second kappa shape index (κ2) is 5.32. The lowest BCUT2D eigenvalue weighted by atomic mass is 10.0. The predicted octanol–water partition coefficient (Wildman–Crippen LogP) is -0.112. The third-order valence-corrected chi connectivity index (χ3v) is 2.91. The predicted molar refractivity (Wildman–Crippen MR) is 57.0 cm³/mol. The van der Waals surface area contributed by atoms with E-state index in [-0.39, 0.29) is 5.91 Å². The summed E-state index contributed by atoms with van der Waals surface area (Å²) in [5.74, 6) is 0.213. The van der Waals surface area contributed by atoms with Gasteiger partial charge in [0.25, 0.3) is 0 Å². The van der Waals surface area contributed by atoms with Crippen molar-refractivity contribution < 1.29 is 4.79 Å². The van der Waals surface area contributed by atoms with Crippen molar-refractivity contribution in [3.8, 4) is 0 Å². The number of nitrogens with zero attached hydrogens (tertiary/aromatic N) is 2. The average Bonchev–Trinajstić information content (AvgIpc) is 2.18. The van der Waals surface area contributed by atoms with Gasteiger partial charge in [0.15, 0.2) is 0 Å². The summed E-state index contributed by atoms with van der Waals surface area (Å²) in [6.45, 7) is 2.25. The first-order chi connectivity index (χ1) is 6.65. The van der Waals surface area contributed by atoms with Crippen LogP contribution >= 0.6 is 0 Å². The fraction of sp³-hybridized carbons (Fsp3) is 0.900. The van der Waals surface area contributed by atoms with E-state index in [0.717, 1.165) is 25.9 Å². The molecule has 2 N–H and O–H groups in total. The molecule has 4 heteroatoms. The van der Waals surface area contributed by atoms with Gasteiger partial charge >= 0.3 is 0 Å². The summed E-state index contributed by atoms with van der Waals surface area (Å²) < 4.78 is 0. The van der Waals surface area contributed by atoms with E-state index in [1.54, 1.807) is 0 Å². The normalized spacial score (nSPS) is 19.0. The average molecular weight is 199 g/mol. The third kappa shape index (κ3) is 2.96.